The van der Waals surface area contributed by atoms with E-state index in [1.807, 2.05) is 0 Å². The molecule has 5 nitrogen and oxygen atoms in total. The van der Waals surface area contributed by atoms with Gasteiger partial charge in [-0.2, -0.15) is 0 Å². The fraction of sp³-hybridized carbons (Fsp3) is 0.176. The highest BCUT2D eigenvalue weighted by Crippen LogP contribution is 2.47. The Morgan fingerprint density at radius 3 is 2.12 bits per heavy atom. The van der Waals surface area contributed by atoms with Crippen LogP contribution in [0.1, 0.15) is 12.8 Å². The number of carbonyl (C=O) groups is 2. The lowest BCUT2D eigenvalue weighted by atomic mass is 10.0. The number of hydrogen-bond donors (Lipinski definition) is 3. The van der Waals surface area contributed by atoms with Gasteiger partial charge >= 0.3 is 0 Å². The molecule has 0 aromatic heterocycles. The highest BCUT2D eigenvalue weighted by molar-refractivity contribution is 6.17. The van der Waals surface area contributed by atoms with E-state index in [9.17, 15) is 23.5 Å². The number of carbonyl (C=O) groups excluding carboxylic acids is 2. The van der Waals surface area contributed by atoms with E-state index < -0.39 is 28.9 Å². The first-order chi connectivity index (χ1) is 11.4. The van der Waals surface area contributed by atoms with Gasteiger partial charge in [0, 0.05) is 6.07 Å². The molecule has 7 heteroatoms. The Labute approximate surface area is 136 Å². The zero-order valence-electron chi connectivity index (χ0n) is 12.5. The van der Waals surface area contributed by atoms with Crippen LogP contribution in [0.25, 0.3) is 0 Å². The molecule has 0 unspecified atom stereocenters. The van der Waals surface area contributed by atoms with E-state index in [4.69, 9.17) is 0 Å². The Bertz CT molecular complexity index is 819. The van der Waals surface area contributed by atoms with E-state index in [2.05, 4.69) is 10.6 Å². The summed E-state index contributed by atoms with van der Waals surface area (Å²) in [6.45, 7) is 0. The smallest absolute Gasteiger partial charge is 0.240 e. The van der Waals surface area contributed by atoms with Crippen LogP contribution in [0.15, 0.2) is 42.5 Å². The summed E-state index contributed by atoms with van der Waals surface area (Å²) in [6, 6.07) is 8.81. The lowest BCUT2D eigenvalue weighted by molar-refractivity contribution is -0.131. The minimum Gasteiger partial charge on any atom is -0.508 e. The summed E-state index contributed by atoms with van der Waals surface area (Å²) < 4.78 is 27.3. The van der Waals surface area contributed by atoms with Gasteiger partial charge in [-0.15, -0.1) is 0 Å². The van der Waals surface area contributed by atoms with Crippen molar-refractivity contribution >= 4 is 23.2 Å². The molecule has 3 N–H and O–H groups in total. The van der Waals surface area contributed by atoms with Gasteiger partial charge in [0.25, 0.3) is 0 Å². The average molecular weight is 332 g/mol. The Morgan fingerprint density at radius 2 is 1.50 bits per heavy atom. The van der Waals surface area contributed by atoms with Gasteiger partial charge in [0.1, 0.15) is 22.8 Å². The minimum atomic E-state index is -1.36. The Kier molecular flexibility index (Phi) is 3.92. The van der Waals surface area contributed by atoms with Crippen molar-refractivity contribution in [3.63, 3.8) is 0 Å². The Hall–Kier alpha value is -2.96. The van der Waals surface area contributed by atoms with E-state index in [-0.39, 0.29) is 30.0 Å². The summed E-state index contributed by atoms with van der Waals surface area (Å²) in [4.78, 5) is 24.7. The van der Waals surface area contributed by atoms with Gasteiger partial charge in [-0.25, -0.2) is 8.78 Å². The molecule has 1 saturated carbocycles. The maximum atomic E-state index is 13.7. The monoisotopic (exact) mass is 332 g/mol. The van der Waals surface area contributed by atoms with Crippen LogP contribution in [0.5, 0.6) is 5.75 Å². The molecule has 1 aliphatic rings. The summed E-state index contributed by atoms with van der Waals surface area (Å²) in [5.41, 5.74) is -1.60. The third-order valence-electron chi connectivity index (χ3n) is 3.94. The second-order valence-electron chi connectivity index (χ2n) is 5.63. The number of para-hydroxylation sites is 1. The van der Waals surface area contributed by atoms with Crippen molar-refractivity contribution in [3.05, 3.63) is 54.1 Å². The van der Waals surface area contributed by atoms with Gasteiger partial charge in [-0.05, 0) is 37.1 Å². The number of benzene rings is 2. The number of phenols is 1. The van der Waals surface area contributed by atoms with Gasteiger partial charge in [-0.1, -0.05) is 12.1 Å². The molecule has 0 aliphatic heterocycles. The van der Waals surface area contributed by atoms with Crippen molar-refractivity contribution < 1.29 is 23.5 Å². The van der Waals surface area contributed by atoms with Crippen LogP contribution >= 0.6 is 0 Å². The molecule has 0 saturated heterocycles. The van der Waals surface area contributed by atoms with Crippen LogP contribution in [0.2, 0.25) is 0 Å². The molecule has 0 heterocycles. The number of halogens is 2. The molecule has 1 aliphatic carbocycles. The van der Waals surface area contributed by atoms with Crippen molar-refractivity contribution in [1.82, 2.24) is 0 Å². The number of aromatic hydroxyl groups is 1. The largest absolute Gasteiger partial charge is 0.508 e. The molecule has 24 heavy (non-hydrogen) atoms. The zero-order valence-corrected chi connectivity index (χ0v) is 12.5. The first-order valence-corrected chi connectivity index (χ1v) is 7.28. The molecule has 0 atom stereocenters. The fourth-order valence-corrected chi connectivity index (χ4v) is 2.34. The number of nitrogens with one attached hydrogen (secondary N) is 2. The van der Waals surface area contributed by atoms with E-state index in [1.165, 1.54) is 18.2 Å². The zero-order chi connectivity index (χ0) is 17.3. The summed E-state index contributed by atoms with van der Waals surface area (Å²) >= 11 is 0. The molecule has 0 spiro atoms. The van der Waals surface area contributed by atoms with Gasteiger partial charge in [-0.3, -0.25) is 9.59 Å². The Balaban J connectivity index is 1.75. The van der Waals surface area contributed by atoms with Crippen molar-refractivity contribution in [1.29, 1.82) is 0 Å². The van der Waals surface area contributed by atoms with E-state index in [0.29, 0.717) is 0 Å². The maximum Gasteiger partial charge on any atom is 0.240 e. The number of rotatable bonds is 4. The van der Waals surface area contributed by atoms with Crippen molar-refractivity contribution in [2.45, 2.75) is 12.8 Å². The number of amides is 2. The molecule has 2 aromatic rings. The molecule has 1 fully saturated rings. The topological polar surface area (TPSA) is 78.4 Å². The fourth-order valence-electron chi connectivity index (χ4n) is 2.34. The van der Waals surface area contributed by atoms with Crippen LogP contribution in [-0.4, -0.2) is 16.9 Å². The molecular weight excluding hydrogens is 318 g/mol. The normalized spacial score (nSPS) is 14.8. The van der Waals surface area contributed by atoms with E-state index >= 15 is 0 Å². The van der Waals surface area contributed by atoms with Gasteiger partial charge < -0.3 is 15.7 Å². The van der Waals surface area contributed by atoms with Crippen molar-refractivity contribution in [2.75, 3.05) is 10.6 Å². The van der Waals surface area contributed by atoms with E-state index in [0.717, 1.165) is 18.2 Å². The predicted molar refractivity (Wildman–Crippen MR) is 83.4 cm³/mol. The highest BCUT2D eigenvalue weighted by atomic mass is 19.1. The van der Waals surface area contributed by atoms with Crippen molar-refractivity contribution in [2.24, 2.45) is 5.41 Å². The minimum absolute atomic E-state index is 0.0230. The van der Waals surface area contributed by atoms with Gasteiger partial charge in [0.15, 0.2) is 0 Å². The first-order valence-electron chi connectivity index (χ1n) is 7.28. The number of hydrogen-bond acceptors (Lipinski definition) is 3. The summed E-state index contributed by atoms with van der Waals surface area (Å²) in [5, 5.41) is 14.1. The molecule has 2 aromatic carbocycles. The molecular formula is C17H14F2N2O3. The summed E-state index contributed by atoms with van der Waals surface area (Å²) in [5.74, 6) is -2.90. The maximum absolute atomic E-state index is 13.7. The highest BCUT2D eigenvalue weighted by Gasteiger charge is 2.56. The second-order valence-corrected chi connectivity index (χ2v) is 5.63. The molecule has 3 rings (SSSR count). The SMILES string of the molecule is O=C(Nc1ccccc1F)C1(C(=O)Nc2cc(O)ccc2F)CC1. The predicted octanol–water partition coefficient (Wildman–Crippen LogP) is 3.03. The quantitative estimate of drug-likeness (QED) is 0.753. The van der Waals surface area contributed by atoms with E-state index in [1.54, 1.807) is 6.07 Å². The second kappa shape index (κ2) is 5.92. The first kappa shape index (κ1) is 15.9. The molecule has 2 amide bonds. The summed E-state index contributed by atoms with van der Waals surface area (Å²) in [6.07, 6.45) is 0.555. The van der Waals surface area contributed by atoms with Gasteiger partial charge in [0.05, 0.1) is 11.4 Å². The van der Waals surface area contributed by atoms with Gasteiger partial charge in [0.2, 0.25) is 11.8 Å². The van der Waals surface area contributed by atoms with Crippen LogP contribution in [0.4, 0.5) is 20.2 Å². The average Bonchev–Trinajstić information content (AvgIpc) is 3.35. The number of anilines is 2. The van der Waals surface area contributed by atoms with Crippen LogP contribution in [-0.2, 0) is 9.59 Å². The van der Waals surface area contributed by atoms with Crippen LogP contribution in [0, 0.1) is 17.0 Å². The molecule has 0 bridgehead atoms. The lowest BCUT2D eigenvalue weighted by Gasteiger charge is -2.16. The third kappa shape index (κ3) is 2.92. The summed E-state index contributed by atoms with van der Waals surface area (Å²) in [7, 11) is 0. The lowest BCUT2D eigenvalue weighted by Crippen LogP contribution is -2.36. The van der Waals surface area contributed by atoms with Crippen LogP contribution < -0.4 is 10.6 Å². The number of phenolic OH excluding ortho intramolecular Hbond substituents is 1. The van der Waals surface area contributed by atoms with Crippen molar-refractivity contribution in [3.8, 4) is 5.75 Å². The molecule has 0 radical (unpaired) electrons. The third-order valence-corrected chi connectivity index (χ3v) is 3.94. The standard InChI is InChI=1S/C17H14F2N2O3/c18-11-3-1-2-4-13(11)20-15(23)17(7-8-17)16(24)21-14-9-10(22)5-6-12(14)19/h1-6,9,22H,7-8H2,(H,20,23)(H,21,24). The molecule has 124 valence electrons. The van der Waals surface area contributed by atoms with Crippen LogP contribution in [0.3, 0.4) is 0 Å². The Morgan fingerprint density at radius 1 is 0.917 bits per heavy atom.